The van der Waals surface area contributed by atoms with E-state index in [-0.39, 0.29) is 24.8 Å². The number of hydrogen-bond acceptors (Lipinski definition) is 4. The number of nitrogens with zero attached hydrogens (tertiary/aromatic N) is 1. The lowest BCUT2D eigenvalue weighted by molar-refractivity contribution is -0.133. The quantitative estimate of drug-likeness (QED) is 0.924. The van der Waals surface area contributed by atoms with Crippen molar-refractivity contribution < 1.29 is 18.7 Å². The van der Waals surface area contributed by atoms with Crippen molar-refractivity contribution in [2.45, 2.75) is 25.9 Å². The number of nitrogens with two attached hydrogens (primary N) is 1. The van der Waals surface area contributed by atoms with Crippen LogP contribution >= 0.6 is 0 Å². The van der Waals surface area contributed by atoms with E-state index >= 15 is 0 Å². The average Bonchev–Trinajstić information content (AvgIpc) is 3.11. The fraction of sp³-hybridized carbons (Fsp3) is 0.368. The first-order chi connectivity index (χ1) is 12.0. The summed E-state index contributed by atoms with van der Waals surface area (Å²) in [5, 5.41) is 0. The number of morpholine rings is 1. The minimum atomic E-state index is -0.769. The molecule has 1 atom stereocenters. The summed E-state index contributed by atoms with van der Waals surface area (Å²) >= 11 is 0. The molecule has 1 fully saturated rings. The van der Waals surface area contributed by atoms with Gasteiger partial charge in [0.2, 0.25) is 5.91 Å². The Morgan fingerprint density at radius 2 is 2.04 bits per heavy atom. The third-order valence-corrected chi connectivity index (χ3v) is 4.33. The van der Waals surface area contributed by atoms with Gasteiger partial charge >= 0.3 is 0 Å². The van der Waals surface area contributed by atoms with Gasteiger partial charge in [-0.15, -0.1) is 0 Å². The van der Waals surface area contributed by atoms with Crippen LogP contribution in [0.4, 0.5) is 0 Å². The van der Waals surface area contributed by atoms with Gasteiger partial charge in [0.15, 0.2) is 11.9 Å². The number of furan rings is 1. The van der Waals surface area contributed by atoms with Crippen LogP contribution in [0.25, 0.3) is 11.3 Å². The highest BCUT2D eigenvalue weighted by atomic mass is 16.5. The van der Waals surface area contributed by atoms with Crippen LogP contribution in [-0.4, -0.2) is 42.5 Å². The van der Waals surface area contributed by atoms with Gasteiger partial charge in [-0.1, -0.05) is 32.0 Å². The third kappa shape index (κ3) is 3.74. The van der Waals surface area contributed by atoms with Crippen LogP contribution in [0.5, 0.6) is 0 Å². The van der Waals surface area contributed by atoms with Crippen LogP contribution in [-0.2, 0) is 9.53 Å². The standard InChI is InChI=1S/C19H22N2O4/c1-12(2)13-4-3-5-14(10-13)15-6-7-16(25-15)19(23)21-8-9-24-17(11-21)18(20)22/h3-7,10,12,17H,8-9,11H2,1-2H3,(H2,20,22). The van der Waals surface area contributed by atoms with E-state index < -0.39 is 12.0 Å². The summed E-state index contributed by atoms with van der Waals surface area (Å²) in [5.41, 5.74) is 7.40. The van der Waals surface area contributed by atoms with Gasteiger partial charge in [-0.3, -0.25) is 9.59 Å². The molecule has 6 heteroatoms. The number of carbonyl (C=O) groups excluding carboxylic acids is 2. The van der Waals surface area contributed by atoms with Crippen molar-refractivity contribution >= 4 is 11.8 Å². The lowest BCUT2D eigenvalue weighted by atomic mass is 10.0. The number of rotatable bonds is 4. The fourth-order valence-corrected chi connectivity index (χ4v) is 2.82. The fourth-order valence-electron chi connectivity index (χ4n) is 2.82. The summed E-state index contributed by atoms with van der Waals surface area (Å²) in [6, 6.07) is 11.5. The van der Waals surface area contributed by atoms with Crippen LogP contribution in [0.1, 0.15) is 35.9 Å². The first-order valence-electron chi connectivity index (χ1n) is 8.36. The van der Waals surface area contributed by atoms with Crippen LogP contribution in [0.2, 0.25) is 0 Å². The van der Waals surface area contributed by atoms with Gasteiger partial charge in [0.1, 0.15) is 5.76 Å². The Kier molecular flexibility index (Phi) is 4.90. The maximum absolute atomic E-state index is 12.6. The predicted octanol–water partition coefficient (Wildman–Crippen LogP) is 2.40. The first-order valence-corrected chi connectivity index (χ1v) is 8.36. The Morgan fingerprint density at radius 1 is 1.24 bits per heavy atom. The van der Waals surface area contributed by atoms with Crippen LogP contribution in [0.15, 0.2) is 40.8 Å². The lowest BCUT2D eigenvalue weighted by Gasteiger charge is -2.30. The predicted molar refractivity (Wildman–Crippen MR) is 93.1 cm³/mol. The molecule has 0 radical (unpaired) electrons. The van der Waals surface area contributed by atoms with Crippen molar-refractivity contribution in [3.05, 3.63) is 47.7 Å². The molecule has 1 aromatic carbocycles. The van der Waals surface area contributed by atoms with Gasteiger partial charge in [-0.2, -0.15) is 0 Å². The van der Waals surface area contributed by atoms with Crippen LogP contribution < -0.4 is 5.73 Å². The molecular formula is C19H22N2O4. The summed E-state index contributed by atoms with van der Waals surface area (Å²) in [4.78, 5) is 25.4. The molecule has 0 saturated carbocycles. The normalized spacial score (nSPS) is 17.7. The van der Waals surface area contributed by atoms with Crippen LogP contribution in [0.3, 0.4) is 0 Å². The molecule has 3 rings (SSSR count). The average molecular weight is 342 g/mol. The maximum Gasteiger partial charge on any atom is 0.289 e. The van der Waals surface area contributed by atoms with Gasteiger partial charge in [0, 0.05) is 12.1 Å². The van der Waals surface area contributed by atoms with Gasteiger partial charge < -0.3 is 19.8 Å². The molecule has 2 amide bonds. The molecular weight excluding hydrogens is 320 g/mol. The maximum atomic E-state index is 12.6. The van der Waals surface area contributed by atoms with E-state index in [0.717, 1.165) is 5.56 Å². The van der Waals surface area contributed by atoms with E-state index in [1.165, 1.54) is 10.5 Å². The third-order valence-electron chi connectivity index (χ3n) is 4.33. The zero-order valence-corrected chi connectivity index (χ0v) is 14.4. The molecule has 1 aliphatic rings. The second-order valence-electron chi connectivity index (χ2n) is 6.46. The Hall–Kier alpha value is -2.60. The largest absolute Gasteiger partial charge is 0.451 e. The number of benzene rings is 1. The highest BCUT2D eigenvalue weighted by molar-refractivity contribution is 5.92. The SMILES string of the molecule is CC(C)c1cccc(-c2ccc(C(=O)N3CCOC(C(N)=O)C3)o2)c1. The van der Waals surface area contributed by atoms with E-state index in [1.807, 2.05) is 12.1 Å². The van der Waals surface area contributed by atoms with Crippen molar-refractivity contribution in [1.29, 1.82) is 0 Å². The summed E-state index contributed by atoms with van der Waals surface area (Å²) in [5.74, 6) is 0.472. The number of ether oxygens (including phenoxy) is 1. The monoisotopic (exact) mass is 342 g/mol. The highest BCUT2D eigenvalue weighted by Gasteiger charge is 2.29. The second kappa shape index (κ2) is 7.11. The van der Waals surface area contributed by atoms with Crippen molar-refractivity contribution in [3.8, 4) is 11.3 Å². The topological polar surface area (TPSA) is 85.8 Å². The van der Waals surface area contributed by atoms with Crippen molar-refractivity contribution in [2.75, 3.05) is 19.7 Å². The Balaban J connectivity index is 1.78. The van der Waals surface area contributed by atoms with Crippen molar-refractivity contribution in [1.82, 2.24) is 4.90 Å². The van der Waals surface area contributed by atoms with E-state index in [2.05, 4.69) is 26.0 Å². The van der Waals surface area contributed by atoms with Crippen molar-refractivity contribution in [2.24, 2.45) is 5.73 Å². The molecule has 1 unspecified atom stereocenters. The Labute approximate surface area is 146 Å². The number of primary amides is 1. The summed E-state index contributed by atoms with van der Waals surface area (Å²) < 4.78 is 11.0. The van der Waals surface area contributed by atoms with Crippen molar-refractivity contribution in [3.63, 3.8) is 0 Å². The Morgan fingerprint density at radius 3 is 2.76 bits per heavy atom. The number of hydrogen-bond donors (Lipinski definition) is 1. The molecule has 6 nitrogen and oxygen atoms in total. The van der Waals surface area contributed by atoms with E-state index in [9.17, 15) is 9.59 Å². The molecule has 1 aliphatic heterocycles. The molecule has 2 heterocycles. The molecule has 2 aromatic rings. The zero-order chi connectivity index (χ0) is 18.0. The molecule has 25 heavy (non-hydrogen) atoms. The first kappa shape index (κ1) is 17.2. The minimum absolute atomic E-state index is 0.146. The molecule has 0 aliphatic carbocycles. The molecule has 1 saturated heterocycles. The van der Waals surface area contributed by atoms with Crippen LogP contribution in [0, 0.1) is 0 Å². The lowest BCUT2D eigenvalue weighted by Crippen LogP contribution is -2.50. The molecule has 0 spiro atoms. The molecule has 132 valence electrons. The van der Waals surface area contributed by atoms with Gasteiger partial charge in [-0.05, 0) is 29.7 Å². The van der Waals surface area contributed by atoms with Gasteiger partial charge in [-0.25, -0.2) is 0 Å². The number of amides is 2. The van der Waals surface area contributed by atoms with E-state index in [0.29, 0.717) is 18.2 Å². The number of carbonyl (C=O) groups is 2. The van der Waals surface area contributed by atoms with E-state index in [4.69, 9.17) is 14.9 Å². The van der Waals surface area contributed by atoms with E-state index in [1.54, 1.807) is 12.1 Å². The molecule has 1 aromatic heterocycles. The zero-order valence-electron chi connectivity index (χ0n) is 14.4. The van der Waals surface area contributed by atoms with Gasteiger partial charge in [0.05, 0.1) is 13.2 Å². The Bertz CT molecular complexity index is 781. The van der Waals surface area contributed by atoms with Gasteiger partial charge in [0.25, 0.3) is 5.91 Å². The molecule has 0 bridgehead atoms. The highest BCUT2D eigenvalue weighted by Crippen LogP contribution is 2.26. The smallest absolute Gasteiger partial charge is 0.289 e. The summed E-state index contributed by atoms with van der Waals surface area (Å²) in [6.45, 7) is 5.09. The summed E-state index contributed by atoms with van der Waals surface area (Å²) in [6.07, 6.45) is -0.769. The second-order valence-corrected chi connectivity index (χ2v) is 6.46. The molecule has 2 N–H and O–H groups in total. The summed E-state index contributed by atoms with van der Waals surface area (Å²) in [7, 11) is 0. The minimum Gasteiger partial charge on any atom is -0.451 e.